The summed E-state index contributed by atoms with van der Waals surface area (Å²) in [6, 6.07) is 12.4. The number of hydrogen-bond donors (Lipinski definition) is 1. The molecule has 0 aliphatic heterocycles. The number of nitrogens with zero attached hydrogens (tertiary/aromatic N) is 3. The van der Waals surface area contributed by atoms with Crippen molar-refractivity contribution in [2.24, 2.45) is 0 Å². The fourth-order valence-corrected chi connectivity index (χ4v) is 4.04. The second-order valence-corrected chi connectivity index (χ2v) is 7.62. The minimum absolute atomic E-state index is 0.150. The molecule has 9 heteroatoms. The van der Waals surface area contributed by atoms with E-state index in [1.165, 1.54) is 22.5 Å². The van der Waals surface area contributed by atoms with Gasteiger partial charge in [-0.15, -0.1) is 0 Å². The largest absolute Gasteiger partial charge is 0.380 e. The zero-order valence-electron chi connectivity index (χ0n) is 15.0. The molecule has 0 radical (unpaired) electrons. The molecule has 8 nitrogen and oxygen atoms in total. The average molecular weight is 388 g/mol. The van der Waals surface area contributed by atoms with Crippen LogP contribution in [0.2, 0.25) is 0 Å². The molecule has 1 N–H and O–H groups in total. The minimum atomic E-state index is -3.50. The highest BCUT2D eigenvalue weighted by Gasteiger charge is 2.21. The minimum Gasteiger partial charge on any atom is -0.380 e. The molecule has 2 rings (SSSR count). The summed E-state index contributed by atoms with van der Waals surface area (Å²) in [5.74, 6) is 0. The van der Waals surface area contributed by atoms with E-state index in [0.29, 0.717) is 25.3 Å². The van der Waals surface area contributed by atoms with Gasteiger partial charge in [-0.2, -0.15) is 9.57 Å². The van der Waals surface area contributed by atoms with Gasteiger partial charge in [0.15, 0.2) is 0 Å². The smallest absolute Gasteiger partial charge is 0.270 e. The molecule has 2 aromatic rings. The number of sulfonamides is 1. The summed E-state index contributed by atoms with van der Waals surface area (Å²) >= 11 is 0. The number of nitro benzene ring substituents is 1. The number of nitriles is 1. The van der Waals surface area contributed by atoms with Crippen LogP contribution < -0.4 is 5.32 Å². The first-order valence-corrected chi connectivity index (χ1v) is 9.79. The molecule has 0 saturated heterocycles. The summed E-state index contributed by atoms with van der Waals surface area (Å²) in [6.07, 6.45) is 0. The molecular formula is C18H20N4O4S. The van der Waals surface area contributed by atoms with Gasteiger partial charge in [0.05, 0.1) is 21.1 Å². The Hall–Kier alpha value is -2.96. The molecule has 0 amide bonds. The number of benzene rings is 2. The summed E-state index contributed by atoms with van der Waals surface area (Å²) in [7, 11) is -3.50. The first kappa shape index (κ1) is 20.4. The normalized spacial score (nSPS) is 11.2. The van der Waals surface area contributed by atoms with Gasteiger partial charge in [0.2, 0.25) is 10.0 Å². The second kappa shape index (κ2) is 8.62. The van der Waals surface area contributed by atoms with Crippen molar-refractivity contribution in [1.29, 1.82) is 5.26 Å². The standard InChI is InChI=1S/C18H20N4O4S/c1-3-21(4-2)27(25,26)17-8-5-14(6-9-17)13-20-18-10-7-16(22(23)24)11-15(18)12-19/h5-11,20H,3-4,13H2,1-2H3. The van der Waals surface area contributed by atoms with Gasteiger partial charge >= 0.3 is 0 Å². The molecule has 0 heterocycles. The van der Waals surface area contributed by atoms with Crippen LogP contribution in [-0.2, 0) is 16.6 Å². The van der Waals surface area contributed by atoms with E-state index in [9.17, 15) is 18.5 Å². The third-order valence-corrected chi connectivity index (χ3v) is 6.15. The number of nitrogens with one attached hydrogen (secondary N) is 1. The van der Waals surface area contributed by atoms with Crippen LogP contribution in [0.1, 0.15) is 25.0 Å². The van der Waals surface area contributed by atoms with Crippen LogP contribution in [-0.4, -0.2) is 30.7 Å². The summed E-state index contributed by atoms with van der Waals surface area (Å²) in [6.45, 7) is 4.73. The van der Waals surface area contributed by atoms with Gasteiger partial charge in [0.25, 0.3) is 5.69 Å². The summed E-state index contributed by atoms with van der Waals surface area (Å²) in [4.78, 5) is 10.5. The van der Waals surface area contributed by atoms with Crippen LogP contribution >= 0.6 is 0 Å². The van der Waals surface area contributed by atoms with Crippen LogP contribution in [0.3, 0.4) is 0 Å². The Labute approximate surface area is 158 Å². The second-order valence-electron chi connectivity index (χ2n) is 5.69. The van der Waals surface area contributed by atoms with Gasteiger partial charge in [-0.05, 0) is 23.8 Å². The quantitative estimate of drug-likeness (QED) is 0.548. The Bertz CT molecular complexity index is 962. The van der Waals surface area contributed by atoms with Gasteiger partial charge in [-0.1, -0.05) is 26.0 Å². The summed E-state index contributed by atoms with van der Waals surface area (Å²) in [5, 5.41) is 23.0. The summed E-state index contributed by atoms with van der Waals surface area (Å²) in [5.41, 5.74) is 1.31. The van der Waals surface area contributed by atoms with Crippen molar-refractivity contribution < 1.29 is 13.3 Å². The zero-order valence-corrected chi connectivity index (χ0v) is 15.9. The molecule has 0 unspecified atom stereocenters. The molecule has 0 spiro atoms. The predicted octanol–water partition coefficient (Wildman–Crippen LogP) is 3.11. The fourth-order valence-electron chi connectivity index (χ4n) is 2.58. The predicted molar refractivity (Wildman–Crippen MR) is 102 cm³/mol. The van der Waals surface area contributed by atoms with E-state index in [-0.39, 0.29) is 16.1 Å². The molecule has 0 saturated carbocycles. The number of rotatable bonds is 8. The van der Waals surface area contributed by atoms with E-state index in [1.807, 2.05) is 6.07 Å². The van der Waals surface area contributed by atoms with Crippen LogP contribution in [0.4, 0.5) is 11.4 Å². The molecule has 0 atom stereocenters. The van der Waals surface area contributed by atoms with Gasteiger partial charge in [-0.25, -0.2) is 8.42 Å². The average Bonchev–Trinajstić information content (AvgIpc) is 2.67. The van der Waals surface area contributed by atoms with Crippen LogP contribution in [0.15, 0.2) is 47.4 Å². The number of non-ortho nitro benzene ring substituents is 1. The molecule has 0 aliphatic rings. The summed E-state index contributed by atoms with van der Waals surface area (Å²) < 4.78 is 26.3. The van der Waals surface area contributed by atoms with E-state index < -0.39 is 14.9 Å². The van der Waals surface area contributed by atoms with Gasteiger partial charge < -0.3 is 5.32 Å². The maximum Gasteiger partial charge on any atom is 0.270 e. The molecule has 0 fully saturated rings. The lowest BCUT2D eigenvalue weighted by Crippen LogP contribution is -2.30. The van der Waals surface area contributed by atoms with E-state index >= 15 is 0 Å². The van der Waals surface area contributed by atoms with Crippen LogP contribution in [0.5, 0.6) is 0 Å². The highest BCUT2D eigenvalue weighted by atomic mass is 32.2. The first-order chi connectivity index (χ1) is 12.8. The lowest BCUT2D eigenvalue weighted by Gasteiger charge is -2.18. The molecule has 0 aliphatic carbocycles. The van der Waals surface area contributed by atoms with Crippen LogP contribution in [0, 0.1) is 21.4 Å². The van der Waals surface area contributed by atoms with Crippen molar-refractivity contribution in [2.75, 3.05) is 18.4 Å². The van der Waals surface area contributed by atoms with Gasteiger partial charge in [0.1, 0.15) is 6.07 Å². The molecule has 27 heavy (non-hydrogen) atoms. The van der Waals surface area contributed by atoms with Gasteiger partial charge in [-0.3, -0.25) is 10.1 Å². The van der Waals surface area contributed by atoms with Gasteiger partial charge in [0, 0.05) is 31.8 Å². The third kappa shape index (κ3) is 4.61. The molecule has 142 valence electrons. The Morgan fingerprint density at radius 3 is 2.30 bits per heavy atom. The zero-order chi connectivity index (χ0) is 20.0. The first-order valence-electron chi connectivity index (χ1n) is 8.35. The third-order valence-electron chi connectivity index (χ3n) is 4.08. The highest BCUT2D eigenvalue weighted by Crippen LogP contribution is 2.22. The van der Waals surface area contributed by atoms with Crippen molar-refractivity contribution in [3.05, 3.63) is 63.7 Å². The van der Waals surface area contributed by atoms with E-state index in [1.54, 1.807) is 38.1 Å². The monoisotopic (exact) mass is 388 g/mol. The van der Waals surface area contributed by atoms with Crippen molar-refractivity contribution in [1.82, 2.24) is 4.31 Å². The van der Waals surface area contributed by atoms with Crippen LogP contribution in [0.25, 0.3) is 0 Å². The topological polar surface area (TPSA) is 116 Å². The van der Waals surface area contributed by atoms with Crippen molar-refractivity contribution >= 4 is 21.4 Å². The Kier molecular flexibility index (Phi) is 6.50. The molecule has 0 bridgehead atoms. The lowest BCUT2D eigenvalue weighted by molar-refractivity contribution is -0.384. The maximum atomic E-state index is 12.5. The molecule has 0 aromatic heterocycles. The number of hydrogen-bond acceptors (Lipinski definition) is 6. The highest BCUT2D eigenvalue weighted by molar-refractivity contribution is 7.89. The Morgan fingerprint density at radius 1 is 1.15 bits per heavy atom. The lowest BCUT2D eigenvalue weighted by atomic mass is 10.1. The Morgan fingerprint density at radius 2 is 1.78 bits per heavy atom. The van der Waals surface area contributed by atoms with E-state index in [2.05, 4.69) is 5.32 Å². The van der Waals surface area contributed by atoms with E-state index in [0.717, 1.165) is 5.56 Å². The fraction of sp³-hybridized carbons (Fsp3) is 0.278. The van der Waals surface area contributed by atoms with Crippen molar-refractivity contribution in [3.8, 4) is 6.07 Å². The number of anilines is 1. The van der Waals surface area contributed by atoms with Crippen molar-refractivity contribution in [3.63, 3.8) is 0 Å². The molecular weight excluding hydrogens is 368 g/mol. The SMILES string of the molecule is CCN(CC)S(=O)(=O)c1ccc(CNc2ccc([N+](=O)[O-])cc2C#N)cc1. The maximum absolute atomic E-state index is 12.5. The van der Waals surface area contributed by atoms with Crippen molar-refractivity contribution in [2.45, 2.75) is 25.3 Å². The van der Waals surface area contributed by atoms with E-state index in [4.69, 9.17) is 5.26 Å². The number of nitro groups is 1. The molecule has 2 aromatic carbocycles. The Balaban J connectivity index is 2.14.